The van der Waals surface area contributed by atoms with Crippen LogP contribution in [0.3, 0.4) is 0 Å². The van der Waals surface area contributed by atoms with Crippen molar-refractivity contribution in [2.75, 3.05) is 0 Å². The van der Waals surface area contributed by atoms with E-state index in [9.17, 15) is 4.79 Å². The Hall–Kier alpha value is -1.83. The maximum Gasteiger partial charge on any atom is 0.248 e. The van der Waals surface area contributed by atoms with Crippen LogP contribution in [0.2, 0.25) is 0 Å². The highest BCUT2D eigenvalue weighted by atomic mass is 16.1. The molecule has 0 unspecified atom stereocenters. The number of carbonyl (C=O) groups excluding carboxylic acids is 1. The van der Waals surface area contributed by atoms with Gasteiger partial charge >= 0.3 is 0 Å². The number of allylic oxidation sites excluding steroid dienone is 1. The Balaban J connectivity index is 2.22. The summed E-state index contributed by atoms with van der Waals surface area (Å²) >= 11 is 0. The maximum absolute atomic E-state index is 10.9. The van der Waals surface area contributed by atoms with Gasteiger partial charge in [-0.15, -0.1) is 0 Å². The summed E-state index contributed by atoms with van der Waals surface area (Å²) in [6, 6.07) is 8.15. The van der Waals surface area contributed by atoms with Crippen molar-refractivity contribution in [2.45, 2.75) is 6.92 Å². The van der Waals surface area contributed by atoms with Crippen LogP contribution in [0, 0.1) is 6.92 Å². The van der Waals surface area contributed by atoms with E-state index in [0.717, 1.165) is 11.3 Å². The number of rotatable bonds is 1. The van der Waals surface area contributed by atoms with Crippen molar-refractivity contribution >= 4 is 12.0 Å². The van der Waals surface area contributed by atoms with Crippen molar-refractivity contribution in [1.29, 1.82) is 0 Å². The van der Waals surface area contributed by atoms with E-state index in [4.69, 9.17) is 0 Å². The third-order valence-electron chi connectivity index (χ3n) is 2.08. The second kappa shape index (κ2) is 3.50. The molecule has 1 aromatic carbocycles. The van der Waals surface area contributed by atoms with Crippen LogP contribution in [0.25, 0.3) is 6.08 Å². The number of hydrogen-bond acceptors (Lipinski definition) is 1. The molecule has 0 aliphatic carbocycles. The monoisotopic (exact) mass is 185 g/mol. The molecule has 1 aliphatic rings. The van der Waals surface area contributed by atoms with Gasteiger partial charge in [0.2, 0.25) is 5.91 Å². The topological polar surface area (TPSA) is 29.1 Å². The van der Waals surface area contributed by atoms with Crippen molar-refractivity contribution in [3.63, 3.8) is 0 Å². The normalized spacial score (nSPS) is 17.5. The van der Waals surface area contributed by atoms with Crippen LogP contribution < -0.4 is 5.32 Å². The second-order valence-electron chi connectivity index (χ2n) is 3.33. The third kappa shape index (κ3) is 1.91. The Morgan fingerprint density at radius 3 is 2.43 bits per heavy atom. The lowest BCUT2D eigenvalue weighted by molar-refractivity contribution is -0.115. The van der Waals surface area contributed by atoms with Crippen LogP contribution in [0.5, 0.6) is 0 Å². The quantitative estimate of drug-likeness (QED) is 0.712. The highest BCUT2D eigenvalue weighted by Crippen LogP contribution is 2.10. The lowest BCUT2D eigenvalue weighted by Gasteiger charge is -1.98. The predicted octanol–water partition coefficient (Wildman–Crippen LogP) is 2.02. The number of hydrogen-bond donors (Lipinski definition) is 1. The Kier molecular flexibility index (Phi) is 2.19. The molecule has 0 fully saturated rings. The number of carbonyl (C=O) groups is 1. The van der Waals surface area contributed by atoms with Gasteiger partial charge in [0.1, 0.15) is 0 Å². The lowest BCUT2D eigenvalue weighted by Crippen LogP contribution is -2.12. The zero-order valence-corrected chi connectivity index (χ0v) is 7.95. The zero-order valence-electron chi connectivity index (χ0n) is 7.95. The van der Waals surface area contributed by atoms with Crippen LogP contribution in [-0.4, -0.2) is 5.91 Å². The second-order valence-corrected chi connectivity index (χ2v) is 3.33. The molecule has 1 amide bonds. The molecule has 0 saturated heterocycles. The number of aryl methyl sites for hydroxylation is 1. The van der Waals surface area contributed by atoms with Gasteiger partial charge in [-0.25, -0.2) is 0 Å². The van der Waals surface area contributed by atoms with Gasteiger partial charge in [-0.05, 0) is 24.6 Å². The highest BCUT2D eigenvalue weighted by Gasteiger charge is 2.05. The minimum Gasteiger partial charge on any atom is -0.322 e. The summed E-state index contributed by atoms with van der Waals surface area (Å²) in [4.78, 5) is 10.9. The maximum atomic E-state index is 10.9. The van der Waals surface area contributed by atoms with Crippen LogP contribution >= 0.6 is 0 Å². The van der Waals surface area contributed by atoms with E-state index in [2.05, 4.69) is 5.32 Å². The average molecular weight is 185 g/mol. The molecular weight excluding hydrogens is 174 g/mol. The van der Waals surface area contributed by atoms with Crippen LogP contribution in [0.4, 0.5) is 0 Å². The first-order chi connectivity index (χ1) is 6.74. The fourth-order valence-electron chi connectivity index (χ4n) is 1.32. The van der Waals surface area contributed by atoms with E-state index in [-0.39, 0.29) is 5.91 Å². The first-order valence-electron chi connectivity index (χ1n) is 4.51. The smallest absolute Gasteiger partial charge is 0.248 e. The van der Waals surface area contributed by atoms with E-state index < -0.39 is 0 Å². The third-order valence-corrected chi connectivity index (χ3v) is 2.08. The van der Waals surface area contributed by atoms with Gasteiger partial charge in [0, 0.05) is 11.8 Å². The highest BCUT2D eigenvalue weighted by molar-refractivity contribution is 5.94. The average Bonchev–Trinajstić information content (AvgIpc) is 2.56. The SMILES string of the molecule is Cc1ccc(/C=C2\C=CC(=O)N2)cc1. The van der Waals surface area contributed by atoms with E-state index in [1.165, 1.54) is 11.6 Å². The summed E-state index contributed by atoms with van der Waals surface area (Å²) in [5.41, 5.74) is 3.18. The van der Waals surface area contributed by atoms with Gasteiger partial charge < -0.3 is 5.32 Å². The zero-order chi connectivity index (χ0) is 9.97. The molecule has 0 spiro atoms. The molecule has 1 heterocycles. The molecule has 1 aliphatic heterocycles. The molecule has 0 aromatic heterocycles. The van der Waals surface area contributed by atoms with Crippen molar-refractivity contribution in [2.24, 2.45) is 0 Å². The van der Waals surface area contributed by atoms with Crippen LogP contribution in [0.15, 0.2) is 42.1 Å². The summed E-state index contributed by atoms with van der Waals surface area (Å²) in [5.74, 6) is -0.0524. The van der Waals surface area contributed by atoms with E-state index in [0.29, 0.717) is 0 Å². The molecular formula is C12H11NO. The van der Waals surface area contributed by atoms with Crippen molar-refractivity contribution < 1.29 is 4.79 Å². The largest absolute Gasteiger partial charge is 0.322 e. The Morgan fingerprint density at radius 1 is 1.14 bits per heavy atom. The summed E-state index contributed by atoms with van der Waals surface area (Å²) in [6.07, 6.45) is 5.25. The fraction of sp³-hybridized carbons (Fsp3) is 0.0833. The number of nitrogens with one attached hydrogen (secondary N) is 1. The molecule has 0 saturated carbocycles. The van der Waals surface area contributed by atoms with Gasteiger partial charge in [-0.2, -0.15) is 0 Å². The lowest BCUT2D eigenvalue weighted by atomic mass is 10.1. The van der Waals surface area contributed by atoms with Gasteiger partial charge in [-0.3, -0.25) is 4.79 Å². The number of benzene rings is 1. The fourth-order valence-corrected chi connectivity index (χ4v) is 1.32. The molecule has 0 bridgehead atoms. The molecule has 0 radical (unpaired) electrons. The van der Waals surface area contributed by atoms with E-state index >= 15 is 0 Å². The van der Waals surface area contributed by atoms with Crippen LogP contribution in [-0.2, 0) is 4.79 Å². The molecule has 0 atom stereocenters. The van der Waals surface area contributed by atoms with Gasteiger partial charge in [0.05, 0.1) is 0 Å². The predicted molar refractivity (Wildman–Crippen MR) is 56.4 cm³/mol. The Labute approximate surface area is 82.9 Å². The van der Waals surface area contributed by atoms with Gasteiger partial charge in [0.15, 0.2) is 0 Å². The summed E-state index contributed by atoms with van der Waals surface area (Å²) in [6.45, 7) is 2.05. The minimum atomic E-state index is -0.0524. The minimum absolute atomic E-state index is 0.0524. The molecule has 14 heavy (non-hydrogen) atoms. The summed E-state index contributed by atoms with van der Waals surface area (Å²) in [5, 5.41) is 2.73. The molecule has 70 valence electrons. The molecule has 1 aromatic rings. The Bertz CT molecular complexity index is 412. The van der Waals surface area contributed by atoms with E-state index in [1.54, 1.807) is 6.08 Å². The molecule has 1 N–H and O–H groups in total. The molecule has 2 nitrogen and oxygen atoms in total. The first-order valence-corrected chi connectivity index (χ1v) is 4.51. The number of amides is 1. The molecule has 2 rings (SSSR count). The standard InChI is InChI=1S/C12H11NO/c1-9-2-4-10(5-3-9)8-11-6-7-12(14)13-11/h2-8H,1H3,(H,13,14)/b11-8+. The van der Waals surface area contributed by atoms with Crippen molar-refractivity contribution in [3.05, 3.63) is 53.2 Å². The van der Waals surface area contributed by atoms with Gasteiger partial charge in [0.25, 0.3) is 0 Å². The van der Waals surface area contributed by atoms with Crippen molar-refractivity contribution in [1.82, 2.24) is 5.32 Å². The van der Waals surface area contributed by atoms with Crippen LogP contribution in [0.1, 0.15) is 11.1 Å². The van der Waals surface area contributed by atoms with E-state index in [1.807, 2.05) is 37.3 Å². The first kappa shape index (κ1) is 8.75. The van der Waals surface area contributed by atoms with Gasteiger partial charge in [-0.1, -0.05) is 29.8 Å². The summed E-state index contributed by atoms with van der Waals surface area (Å²) < 4.78 is 0. The summed E-state index contributed by atoms with van der Waals surface area (Å²) in [7, 11) is 0. The Morgan fingerprint density at radius 2 is 1.86 bits per heavy atom. The molecule has 2 heteroatoms. The van der Waals surface area contributed by atoms with Crippen molar-refractivity contribution in [3.8, 4) is 0 Å².